The molecule has 2 aromatic rings. The lowest BCUT2D eigenvalue weighted by atomic mass is 9.84. The Morgan fingerprint density at radius 2 is 2.08 bits per heavy atom. The molecule has 1 N–H and O–H groups in total. The van der Waals surface area contributed by atoms with Gasteiger partial charge >= 0.3 is 0 Å². The molecule has 1 saturated carbocycles. The van der Waals surface area contributed by atoms with Gasteiger partial charge < -0.3 is 14.8 Å². The predicted octanol–water partition coefficient (Wildman–Crippen LogP) is 3.22. The van der Waals surface area contributed by atoms with Crippen molar-refractivity contribution in [1.29, 1.82) is 5.26 Å². The first-order valence-corrected chi connectivity index (χ1v) is 10.1. The van der Waals surface area contributed by atoms with Crippen LogP contribution in [0.1, 0.15) is 61.9 Å². The second-order valence-electron chi connectivity index (χ2n) is 7.94. The van der Waals surface area contributed by atoms with Gasteiger partial charge in [0.25, 0.3) is 0 Å². The Balaban J connectivity index is 1.52. The van der Waals surface area contributed by atoms with Crippen LogP contribution in [0, 0.1) is 11.3 Å². The minimum Gasteiger partial charge on any atom is -0.369 e. The van der Waals surface area contributed by atoms with E-state index in [0.717, 1.165) is 56.8 Å². The molecule has 0 unspecified atom stereocenters. The van der Waals surface area contributed by atoms with Crippen LogP contribution in [0.3, 0.4) is 0 Å². The highest BCUT2D eigenvalue weighted by Gasteiger charge is 2.32. The average Bonchev–Trinajstić information content (AvgIpc) is 3.23. The minimum atomic E-state index is 0.529. The maximum Gasteiger partial charge on any atom is 0.131 e. The summed E-state index contributed by atoms with van der Waals surface area (Å²) in [6.07, 6.45) is 9.84. The smallest absolute Gasteiger partial charge is 0.131 e. The number of likely N-dealkylation sites (tertiary alicyclic amines) is 1. The first-order chi connectivity index (χ1) is 12.8. The Hall–Kier alpha value is -2.13. The van der Waals surface area contributed by atoms with Crippen LogP contribution in [0.15, 0.2) is 6.20 Å². The monoisotopic (exact) mass is 350 g/mol. The molecule has 0 aromatic carbocycles. The summed E-state index contributed by atoms with van der Waals surface area (Å²) in [5, 5.41) is 12.3. The van der Waals surface area contributed by atoms with Crippen LogP contribution in [0.5, 0.6) is 0 Å². The van der Waals surface area contributed by atoms with E-state index in [2.05, 4.69) is 25.8 Å². The fourth-order valence-electron chi connectivity index (χ4n) is 4.80. The maximum atomic E-state index is 8.84. The SMILES string of the molecule is N#CCCN1CCC(n2c(C3CCC3)nc3cnc4c(c32)CCN4)CC1. The van der Waals surface area contributed by atoms with Gasteiger partial charge in [0, 0.05) is 50.1 Å². The fourth-order valence-corrected chi connectivity index (χ4v) is 4.80. The molecule has 2 aromatic heterocycles. The quantitative estimate of drug-likeness (QED) is 0.917. The van der Waals surface area contributed by atoms with Crippen molar-refractivity contribution in [1.82, 2.24) is 19.4 Å². The van der Waals surface area contributed by atoms with Crippen LogP contribution in [-0.4, -0.2) is 45.6 Å². The molecule has 4 heterocycles. The van der Waals surface area contributed by atoms with E-state index in [9.17, 15) is 0 Å². The number of aromatic nitrogens is 3. The molecular weight excluding hydrogens is 324 g/mol. The van der Waals surface area contributed by atoms with E-state index >= 15 is 0 Å². The van der Waals surface area contributed by atoms with Crippen LogP contribution in [0.25, 0.3) is 11.0 Å². The minimum absolute atomic E-state index is 0.529. The number of nitriles is 1. The van der Waals surface area contributed by atoms with Crippen molar-refractivity contribution in [3.8, 4) is 6.07 Å². The van der Waals surface area contributed by atoms with Gasteiger partial charge in [0.1, 0.15) is 17.2 Å². The van der Waals surface area contributed by atoms with E-state index in [4.69, 9.17) is 10.2 Å². The van der Waals surface area contributed by atoms with Gasteiger partial charge in [0.05, 0.1) is 17.8 Å². The Bertz CT molecular complexity index is 851. The zero-order valence-corrected chi connectivity index (χ0v) is 15.2. The number of piperidine rings is 1. The number of nitrogens with zero attached hydrogens (tertiary/aromatic N) is 5. The van der Waals surface area contributed by atoms with Crippen molar-refractivity contribution in [2.75, 3.05) is 31.5 Å². The summed E-state index contributed by atoms with van der Waals surface area (Å²) in [7, 11) is 0. The summed E-state index contributed by atoms with van der Waals surface area (Å²) in [6, 6.07) is 2.80. The van der Waals surface area contributed by atoms with E-state index in [1.807, 2.05) is 6.20 Å². The van der Waals surface area contributed by atoms with Gasteiger partial charge in [-0.15, -0.1) is 0 Å². The molecule has 2 aliphatic heterocycles. The largest absolute Gasteiger partial charge is 0.369 e. The first kappa shape index (κ1) is 16.1. The number of hydrogen-bond donors (Lipinski definition) is 1. The third-order valence-corrected chi connectivity index (χ3v) is 6.45. The Kier molecular flexibility index (Phi) is 4.05. The summed E-state index contributed by atoms with van der Waals surface area (Å²) >= 11 is 0. The summed E-state index contributed by atoms with van der Waals surface area (Å²) < 4.78 is 2.61. The van der Waals surface area contributed by atoms with Crippen molar-refractivity contribution in [3.63, 3.8) is 0 Å². The second kappa shape index (κ2) is 6.55. The predicted molar refractivity (Wildman–Crippen MR) is 101 cm³/mol. The lowest BCUT2D eigenvalue weighted by molar-refractivity contribution is 0.187. The summed E-state index contributed by atoms with van der Waals surface area (Å²) in [5.74, 6) is 3.00. The van der Waals surface area contributed by atoms with E-state index in [1.165, 1.54) is 36.2 Å². The fraction of sp³-hybridized carbons (Fsp3) is 0.650. The third-order valence-electron chi connectivity index (χ3n) is 6.45. The molecule has 26 heavy (non-hydrogen) atoms. The molecule has 0 amide bonds. The standard InChI is InChI=1S/C20H26N6/c21-8-2-10-25-11-6-15(7-12-25)26-18-16-5-9-22-19(16)23-13-17(18)24-20(26)14-3-1-4-14/h13-15H,1-7,9-12H2,(H,22,23). The molecule has 2 fully saturated rings. The number of pyridine rings is 1. The summed E-state index contributed by atoms with van der Waals surface area (Å²) in [6.45, 7) is 4.06. The van der Waals surface area contributed by atoms with Gasteiger partial charge in [-0.05, 0) is 32.1 Å². The highest BCUT2D eigenvalue weighted by atomic mass is 15.2. The van der Waals surface area contributed by atoms with Gasteiger partial charge in [0.15, 0.2) is 0 Å². The molecule has 6 heteroatoms. The van der Waals surface area contributed by atoms with Gasteiger partial charge in [-0.2, -0.15) is 5.26 Å². The van der Waals surface area contributed by atoms with Crippen molar-refractivity contribution in [2.24, 2.45) is 0 Å². The molecule has 1 aliphatic carbocycles. The third kappa shape index (κ3) is 2.57. The molecule has 1 saturated heterocycles. The molecule has 0 bridgehead atoms. The normalized spacial score (nSPS) is 21.3. The molecule has 0 spiro atoms. The zero-order chi connectivity index (χ0) is 17.5. The Morgan fingerprint density at radius 3 is 2.81 bits per heavy atom. The van der Waals surface area contributed by atoms with Crippen LogP contribution < -0.4 is 5.32 Å². The van der Waals surface area contributed by atoms with E-state index < -0.39 is 0 Å². The molecule has 136 valence electrons. The molecule has 0 radical (unpaired) electrons. The zero-order valence-electron chi connectivity index (χ0n) is 15.2. The maximum absolute atomic E-state index is 8.84. The van der Waals surface area contributed by atoms with E-state index in [1.54, 1.807) is 0 Å². The number of hydrogen-bond acceptors (Lipinski definition) is 5. The first-order valence-electron chi connectivity index (χ1n) is 10.1. The van der Waals surface area contributed by atoms with Crippen LogP contribution in [-0.2, 0) is 6.42 Å². The Labute approximate surface area is 154 Å². The van der Waals surface area contributed by atoms with E-state index in [-0.39, 0.29) is 0 Å². The number of nitrogens with one attached hydrogen (secondary N) is 1. The number of rotatable bonds is 4. The highest BCUT2D eigenvalue weighted by Crippen LogP contribution is 2.42. The topological polar surface area (TPSA) is 69.8 Å². The number of imidazole rings is 1. The molecule has 3 aliphatic rings. The van der Waals surface area contributed by atoms with Gasteiger partial charge in [-0.1, -0.05) is 6.42 Å². The van der Waals surface area contributed by atoms with Crippen LogP contribution >= 0.6 is 0 Å². The van der Waals surface area contributed by atoms with Crippen molar-refractivity contribution in [3.05, 3.63) is 17.6 Å². The Morgan fingerprint density at radius 1 is 1.23 bits per heavy atom. The molecule has 5 rings (SSSR count). The van der Waals surface area contributed by atoms with Gasteiger partial charge in [0.2, 0.25) is 0 Å². The van der Waals surface area contributed by atoms with E-state index in [0.29, 0.717) is 18.4 Å². The summed E-state index contributed by atoms with van der Waals surface area (Å²) in [5.41, 5.74) is 3.80. The van der Waals surface area contributed by atoms with Crippen molar-refractivity contribution >= 4 is 16.9 Å². The van der Waals surface area contributed by atoms with Gasteiger partial charge in [-0.25, -0.2) is 9.97 Å². The molecule has 6 nitrogen and oxygen atoms in total. The van der Waals surface area contributed by atoms with Crippen molar-refractivity contribution < 1.29 is 0 Å². The van der Waals surface area contributed by atoms with Gasteiger partial charge in [-0.3, -0.25) is 0 Å². The highest BCUT2D eigenvalue weighted by molar-refractivity contribution is 5.84. The second-order valence-corrected chi connectivity index (χ2v) is 7.94. The lowest BCUT2D eigenvalue weighted by Gasteiger charge is -2.35. The molecular formula is C20H26N6. The summed E-state index contributed by atoms with van der Waals surface area (Å²) in [4.78, 5) is 12.1. The number of anilines is 1. The average molecular weight is 350 g/mol. The molecule has 0 atom stereocenters. The van der Waals surface area contributed by atoms with Crippen LogP contribution in [0.4, 0.5) is 5.82 Å². The number of fused-ring (bicyclic) bond motifs is 3. The lowest BCUT2D eigenvalue weighted by Crippen LogP contribution is -2.36. The van der Waals surface area contributed by atoms with Crippen LogP contribution in [0.2, 0.25) is 0 Å². The van der Waals surface area contributed by atoms with Crippen molar-refractivity contribution in [2.45, 2.75) is 56.9 Å².